The Morgan fingerprint density at radius 3 is 2.63 bits per heavy atom. The number of Topliss-reactive ketones (excluding diaryl/α,β-unsaturated/α-hetero) is 1. The van der Waals surface area contributed by atoms with E-state index in [0.29, 0.717) is 34.9 Å². The molecule has 7 nitrogen and oxygen atoms in total. The zero-order valence-electron chi connectivity index (χ0n) is 15.1. The van der Waals surface area contributed by atoms with E-state index >= 15 is 0 Å². The Kier molecular flexibility index (Phi) is 5.40. The number of anilines is 2. The predicted octanol–water partition coefficient (Wildman–Crippen LogP) is 3.02. The van der Waals surface area contributed by atoms with Crippen LogP contribution in [0, 0.1) is 0 Å². The minimum Gasteiger partial charge on any atom is -0.484 e. The van der Waals surface area contributed by atoms with E-state index < -0.39 is 6.10 Å². The smallest absolute Gasteiger partial charge is 0.265 e. The number of benzene rings is 2. The predicted molar refractivity (Wildman–Crippen MR) is 100 cm³/mol. The SMILES string of the molecule is CCC(=O)c1ccc(OCC(=O)Nc2ccc3c(c2)NC(=O)C(C)O3)cc1. The first-order valence-corrected chi connectivity index (χ1v) is 8.63. The van der Waals surface area contributed by atoms with Crippen LogP contribution in [0.1, 0.15) is 30.6 Å². The van der Waals surface area contributed by atoms with Gasteiger partial charge in [-0.1, -0.05) is 6.92 Å². The van der Waals surface area contributed by atoms with Crippen LogP contribution in [0.3, 0.4) is 0 Å². The normalized spacial score (nSPS) is 15.2. The molecule has 2 amide bonds. The standard InChI is InChI=1S/C20H20N2O5/c1-3-17(23)13-4-7-15(8-5-13)26-11-19(24)21-14-6-9-18-16(10-14)22-20(25)12(2)27-18/h4-10,12H,3,11H2,1-2H3,(H,21,24)(H,22,25). The van der Waals surface area contributed by atoms with Gasteiger partial charge in [-0.15, -0.1) is 0 Å². The van der Waals surface area contributed by atoms with Crippen LogP contribution in [0.5, 0.6) is 11.5 Å². The van der Waals surface area contributed by atoms with Gasteiger partial charge in [0, 0.05) is 17.7 Å². The van der Waals surface area contributed by atoms with Crippen LogP contribution >= 0.6 is 0 Å². The number of carbonyl (C=O) groups excluding carboxylic acids is 3. The van der Waals surface area contributed by atoms with Crippen molar-refractivity contribution in [1.29, 1.82) is 0 Å². The van der Waals surface area contributed by atoms with Crippen LogP contribution in [0.25, 0.3) is 0 Å². The topological polar surface area (TPSA) is 93.7 Å². The number of amides is 2. The van der Waals surface area contributed by atoms with Gasteiger partial charge in [0.25, 0.3) is 11.8 Å². The Balaban J connectivity index is 1.56. The molecule has 1 aliphatic heterocycles. The lowest BCUT2D eigenvalue weighted by Crippen LogP contribution is -2.34. The molecule has 0 saturated heterocycles. The molecular formula is C20H20N2O5. The van der Waals surface area contributed by atoms with Gasteiger partial charge in [0.05, 0.1) is 5.69 Å². The maximum Gasteiger partial charge on any atom is 0.265 e. The molecule has 0 spiro atoms. The van der Waals surface area contributed by atoms with Crippen molar-refractivity contribution in [2.75, 3.05) is 17.2 Å². The second-order valence-corrected chi connectivity index (χ2v) is 6.10. The molecule has 3 rings (SSSR count). The molecule has 7 heteroatoms. The third-order valence-electron chi connectivity index (χ3n) is 4.06. The van der Waals surface area contributed by atoms with Crippen molar-refractivity contribution in [3.63, 3.8) is 0 Å². The van der Waals surface area contributed by atoms with Crippen molar-refractivity contribution in [3.05, 3.63) is 48.0 Å². The molecule has 1 atom stereocenters. The highest BCUT2D eigenvalue weighted by Crippen LogP contribution is 2.32. The maximum absolute atomic E-state index is 12.1. The number of ether oxygens (including phenoxy) is 2. The Bertz CT molecular complexity index is 876. The molecule has 27 heavy (non-hydrogen) atoms. The maximum atomic E-state index is 12.1. The summed E-state index contributed by atoms with van der Waals surface area (Å²) in [4.78, 5) is 35.3. The van der Waals surface area contributed by atoms with Gasteiger partial charge in [-0.3, -0.25) is 14.4 Å². The second-order valence-electron chi connectivity index (χ2n) is 6.10. The van der Waals surface area contributed by atoms with Crippen LogP contribution in [-0.2, 0) is 9.59 Å². The average molecular weight is 368 g/mol. The Hall–Kier alpha value is -3.35. The highest BCUT2D eigenvalue weighted by molar-refractivity contribution is 5.99. The van der Waals surface area contributed by atoms with Crippen LogP contribution in [0.2, 0.25) is 0 Å². The highest BCUT2D eigenvalue weighted by Gasteiger charge is 2.23. The molecule has 1 unspecified atom stereocenters. The van der Waals surface area contributed by atoms with Gasteiger partial charge < -0.3 is 20.1 Å². The van der Waals surface area contributed by atoms with Crippen molar-refractivity contribution in [1.82, 2.24) is 0 Å². The molecule has 1 aliphatic rings. The molecule has 0 bridgehead atoms. The van der Waals surface area contributed by atoms with Gasteiger partial charge in [0.15, 0.2) is 18.5 Å². The zero-order chi connectivity index (χ0) is 19.4. The summed E-state index contributed by atoms with van der Waals surface area (Å²) in [6.07, 6.45) is -0.112. The second kappa shape index (κ2) is 7.90. The van der Waals surface area contributed by atoms with E-state index in [1.54, 1.807) is 56.3 Å². The number of rotatable bonds is 6. The summed E-state index contributed by atoms with van der Waals surface area (Å²) in [6, 6.07) is 11.7. The van der Waals surface area contributed by atoms with Crippen molar-refractivity contribution in [3.8, 4) is 11.5 Å². The van der Waals surface area contributed by atoms with Gasteiger partial charge in [0.1, 0.15) is 11.5 Å². The largest absolute Gasteiger partial charge is 0.484 e. The molecular weight excluding hydrogens is 348 g/mol. The average Bonchev–Trinajstić information content (AvgIpc) is 2.67. The quantitative estimate of drug-likeness (QED) is 0.765. The summed E-state index contributed by atoms with van der Waals surface area (Å²) in [5, 5.41) is 5.43. The fraction of sp³-hybridized carbons (Fsp3) is 0.250. The molecule has 0 fully saturated rings. The lowest BCUT2D eigenvalue weighted by Gasteiger charge is -2.23. The van der Waals surface area contributed by atoms with Crippen LogP contribution in [0.4, 0.5) is 11.4 Å². The molecule has 0 saturated carbocycles. The van der Waals surface area contributed by atoms with Gasteiger partial charge in [-0.05, 0) is 49.4 Å². The fourth-order valence-electron chi connectivity index (χ4n) is 2.57. The first kappa shape index (κ1) is 18.4. The van der Waals surface area contributed by atoms with Gasteiger partial charge in [-0.2, -0.15) is 0 Å². The van der Waals surface area contributed by atoms with E-state index in [4.69, 9.17) is 9.47 Å². The number of hydrogen-bond acceptors (Lipinski definition) is 5. The van der Waals surface area contributed by atoms with Crippen molar-refractivity contribution in [2.24, 2.45) is 0 Å². The summed E-state index contributed by atoms with van der Waals surface area (Å²) in [6.45, 7) is 3.28. The van der Waals surface area contributed by atoms with E-state index in [1.165, 1.54) is 0 Å². The van der Waals surface area contributed by atoms with Crippen LogP contribution in [0.15, 0.2) is 42.5 Å². The number of fused-ring (bicyclic) bond motifs is 1. The molecule has 1 heterocycles. The monoisotopic (exact) mass is 368 g/mol. The van der Waals surface area contributed by atoms with E-state index in [2.05, 4.69) is 10.6 Å². The number of ketones is 1. The van der Waals surface area contributed by atoms with Crippen LogP contribution < -0.4 is 20.1 Å². The van der Waals surface area contributed by atoms with Crippen LogP contribution in [-0.4, -0.2) is 30.3 Å². The Morgan fingerprint density at radius 1 is 1.19 bits per heavy atom. The Labute approximate surface area is 156 Å². The minimum absolute atomic E-state index is 0.0529. The van der Waals surface area contributed by atoms with Crippen molar-refractivity contribution >= 4 is 29.0 Å². The van der Waals surface area contributed by atoms with Crippen molar-refractivity contribution < 1.29 is 23.9 Å². The molecule has 140 valence electrons. The number of hydrogen-bond donors (Lipinski definition) is 2. The van der Waals surface area contributed by atoms with E-state index in [-0.39, 0.29) is 24.2 Å². The summed E-state index contributed by atoms with van der Waals surface area (Å²) in [5.41, 5.74) is 1.64. The van der Waals surface area contributed by atoms with Gasteiger partial charge >= 0.3 is 0 Å². The summed E-state index contributed by atoms with van der Waals surface area (Å²) >= 11 is 0. The lowest BCUT2D eigenvalue weighted by atomic mass is 10.1. The summed E-state index contributed by atoms with van der Waals surface area (Å²) < 4.78 is 10.9. The van der Waals surface area contributed by atoms with Gasteiger partial charge in [0.2, 0.25) is 0 Å². The first-order valence-electron chi connectivity index (χ1n) is 8.63. The minimum atomic E-state index is -0.551. The zero-order valence-corrected chi connectivity index (χ0v) is 15.1. The van der Waals surface area contributed by atoms with E-state index in [9.17, 15) is 14.4 Å². The summed E-state index contributed by atoms with van der Waals surface area (Å²) in [5.74, 6) is 0.521. The molecule has 0 aromatic heterocycles. The molecule has 0 radical (unpaired) electrons. The number of nitrogens with one attached hydrogen (secondary N) is 2. The third-order valence-corrected chi connectivity index (χ3v) is 4.06. The molecule has 0 aliphatic carbocycles. The molecule has 2 aromatic rings. The van der Waals surface area contributed by atoms with Gasteiger partial charge in [-0.25, -0.2) is 0 Å². The first-order chi connectivity index (χ1) is 13.0. The molecule has 2 N–H and O–H groups in total. The molecule has 2 aromatic carbocycles. The van der Waals surface area contributed by atoms with E-state index in [1.807, 2.05) is 0 Å². The summed E-state index contributed by atoms with van der Waals surface area (Å²) in [7, 11) is 0. The third kappa shape index (κ3) is 4.44. The number of carbonyl (C=O) groups is 3. The van der Waals surface area contributed by atoms with Crippen molar-refractivity contribution in [2.45, 2.75) is 26.4 Å². The Morgan fingerprint density at radius 2 is 1.93 bits per heavy atom. The fourth-order valence-corrected chi connectivity index (χ4v) is 2.57. The lowest BCUT2D eigenvalue weighted by molar-refractivity contribution is -0.122. The van der Waals surface area contributed by atoms with E-state index in [0.717, 1.165) is 0 Å². The highest BCUT2D eigenvalue weighted by atomic mass is 16.5.